The quantitative estimate of drug-likeness (QED) is 0.178. The van der Waals surface area contributed by atoms with Crippen molar-refractivity contribution in [3.8, 4) is 0 Å². The molecule has 27 heavy (non-hydrogen) atoms. The fourth-order valence-corrected chi connectivity index (χ4v) is 0. The van der Waals surface area contributed by atoms with E-state index >= 15 is 0 Å². The van der Waals surface area contributed by atoms with Crippen LogP contribution in [0.25, 0.3) is 0 Å². The molecule has 0 aliphatic heterocycles. The van der Waals surface area contributed by atoms with E-state index < -0.39 is 30.5 Å². The van der Waals surface area contributed by atoms with Crippen LogP contribution in [0.15, 0.2) is 0 Å². The van der Waals surface area contributed by atoms with Gasteiger partial charge in [-0.1, -0.05) is 0 Å². The summed E-state index contributed by atoms with van der Waals surface area (Å²) in [6.07, 6.45) is 0. The van der Waals surface area contributed by atoms with Gasteiger partial charge in [-0.2, -0.15) is 0 Å². The van der Waals surface area contributed by atoms with E-state index in [0.29, 0.717) is 0 Å². The molecular weight excluding hydrogens is 524 g/mol. The molecule has 0 rings (SSSR count). The van der Waals surface area contributed by atoms with Gasteiger partial charge in [-0.3, -0.25) is 0 Å². The third kappa shape index (κ3) is 7610. The van der Waals surface area contributed by atoms with Gasteiger partial charge in [-0.25, -0.2) is 0 Å². The van der Waals surface area contributed by atoms with Crippen molar-refractivity contribution < 1.29 is 30.5 Å². The Hall–Kier alpha value is -1.29. The zero-order chi connectivity index (χ0) is 21.5. The van der Waals surface area contributed by atoms with Gasteiger partial charge in [0, 0.05) is 0 Å². The maximum atomic E-state index is 8.25. The predicted octanol–water partition coefficient (Wildman–Crippen LogP) is -2.58. The van der Waals surface area contributed by atoms with Crippen molar-refractivity contribution in [3.63, 3.8) is 0 Å². The van der Waals surface area contributed by atoms with Crippen molar-refractivity contribution in [1.82, 2.24) is 0 Å². The summed E-state index contributed by atoms with van der Waals surface area (Å²) in [6, 6.07) is 0. The van der Waals surface area contributed by atoms with Crippen LogP contribution in [0.2, 0.25) is 0 Å². The molecule has 0 saturated heterocycles. The molecule has 0 heterocycles. The maximum absolute atomic E-state index is 8.25. The van der Waals surface area contributed by atoms with E-state index in [4.69, 9.17) is 91.9 Å². The Morgan fingerprint density at radius 3 is 0.333 bits per heavy atom. The second-order valence-corrected chi connectivity index (χ2v) is 1.34. The Labute approximate surface area is 226 Å². The topological polar surface area (TPSA) is 397 Å². The van der Waals surface area contributed by atoms with Crippen LogP contribution in [-0.4, -0.2) is 137 Å². The van der Waals surface area contributed by atoms with Gasteiger partial charge >= 0.3 is 106 Å². The predicted molar refractivity (Wildman–Crippen MR) is 79.4 cm³/mol. The normalized spacial score (nSPS) is 5.33. The van der Waals surface area contributed by atoms with E-state index in [0.717, 1.165) is 0 Å². The Balaban J connectivity index is -0.0000000201. The first-order valence-corrected chi connectivity index (χ1v) is 3.29. The van der Waals surface area contributed by atoms with Gasteiger partial charge < -0.3 is 91.9 Å². The third-order valence-corrected chi connectivity index (χ3v) is 0. The van der Waals surface area contributed by atoms with Crippen molar-refractivity contribution in [3.05, 3.63) is 91.9 Å². The Morgan fingerprint density at radius 2 is 0.333 bits per heavy atom. The summed E-state index contributed by atoms with van der Waals surface area (Å²) in [5.41, 5.74) is 0. The van der Waals surface area contributed by atoms with E-state index in [9.17, 15) is 0 Å². The Morgan fingerprint density at radius 1 is 0.333 bits per heavy atom. The first-order valence-electron chi connectivity index (χ1n) is 3.29. The average molecular weight is 524 g/mol. The van der Waals surface area contributed by atoms with Crippen LogP contribution in [0, 0.1) is 91.9 Å². The molecule has 0 amide bonds. The second kappa shape index (κ2) is 49.7. The molecule has 0 fully saturated rings. The van der Waals surface area contributed by atoms with E-state index in [1.807, 2.05) is 0 Å². The minimum absolute atomic E-state index is 0. The van der Waals surface area contributed by atoms with Gasteiger partial charge in [-0.05, 0) is 0 Å². The number of nitrogens with zero attached hydrogens (tertiary/aromatic N) is 6. The van der Waals surface area contributed by atoms with Crippen molar-refractivity contribution in [2.24, 2.45) is 0 Å². The molecule has 0 spiro atoms. The number of rotatable bonds is 0. The van der Waals surface area contributed by atoms with E-state index in [-0.39, 0.29) is 106 Å². The zero-order valence-electron chi connectivity index (χ0n) is 12.2. The molecule has 27 heteroatoms. The Bertz CT molecular complexity index is 269. The molecule has 0 saturated carbocycles. The first-order chi connectivity index (χ1) is 10.4. The van der Waals surface area contributed by atoms with Crippen LogP contribution in [-0.2, 0) is 0 Å². The molecule has 0 aromatic heterocycles. The molecule has 0 aromatic carbocycles. The monoisotopic (exact) mass is 524 g/mol. The molecular formula is CaMgN6O18Sr. The van der Waals surface area contributed by atoms with Crippen molar-refractivity contribution in [1.29, 1.82) is 0 Å². The molecule has 144 valence electrons. The van der Waals surface area contributed by atoms with Gasteiger partial charge in [0.15, 0.2) is 0 Å². The molecule has 0 aromatic rings. The van der Waals surface area contributed by atoms with Crippen LogP contribution < -0.4 is 0 Å². The molecule has 0 unspecified atom stereocenters. The second-order valence-electron chi connectivity index (χ2n) is 1.34. The van der Waals surface area contributed by atoms with E-state index in [1.54, 1.807) is 0 Å². The first kappa shape index (κ1) is 56.2. The summed E-state index contributed by atoms with van der Waals surface area (Å²) in [5, 5.41) is 88.5. The van der Waals surface area contributed by atoms with Crippen LogP contribution in [0.5, 0.6) is 0 Å². The molecule has 24 nitrogen and oxygen atoms in total. The largest absolute Gasteiger partial charge is 2.00 e. The van der Waals surface area contributed by atoms with Gasteiger partial charge in [-0.15, -0.1) is 0 Å². The summed E-state index contributed by atoms with van der Waals surface area (Å²) in [7, 11) is 0. The number of hydrogen-bond donors (Lipinski definition) is 0. The molecule has 0 bridgehead atoms. The maximum Gasteiger partial charge on any atom is 2.00 e. The van der Waals surface area contributed by atoms with Crippen LogP contribution >= 0.6 is 0 Å². The van der Waals surface area contributed by atoms with Crippen molar-refractivity contribution in [2.45, 2.75) is 0 Å². The minimum atomic E-state index is -1.75. The molecule has 0 aliphatic carbocycles. The van der Waals surface area contributed by atoms with Crippen LogP contribution in [0.1, 0.15) is 0 Å². The van der Waals surface area contributed by atoms with Crippen LogP contribution in [0.3, 0.4) is 0 Å². The molecule has 0 atom stereocenters. The smallest absolute Gasteiger partial charge is 0.356 e. The SMILES string of the molecule is O=[N+]([O-])[O-].O=[N+]([O-])[O-].O=[N+]([O-])[O-].O=[N+]([O-])[O-].O=[N+]([O-])[O-].O=[N+]([O-])[O-].[Ca+2].[Mg+2].[Sr+2]. The average Bonchev–Trinajstić information content (AvgIpc) is 2.08. The Kier molecular flexibility index (Phi) is 104. The molecule has 0 aliphatic rings. The van der Waals surface area contributed by atoms with Gasteiger partial charge in [0.2, 0.25) is 0 Å². The molecule has 0 radical (unpaired) electrons. The summed E-state index contributed by atoms with van der Waals surface area (Å²) in [6.45, 7) is 0. The van der Waals surface area contributed by atoms with Crippen molar-refractivity contribution >= 4 is 106 Å². The van der Waals surface area contributed by atoms with Crippen LogP contribution in [0.4, 0.5) is 0 Å². The number of hydrogen-bond acceptors (Lipinski definition) is 18. The van der Waals surface area contributed by atoms with Gasteiger partial charge in [0.1, 0.15) is 0 Å². The summed E-state index contributed by atoms with van der Waals surface area (Å²) < 4.78 is 0. The zero-order valence-corrected chi connectivity index (χ0v) is 19.3. The summed E-state index contributed by atoms with van der Waals surface area (Å²) >= 11 is 0. The molecule has 0 N–H and O–H groups in total. The third-order valence-electron chi connectivity index (χ3n) is 0. The van der Waals surface area contributed by atoms with Gasteiger partial charge in [0.05, 0.1) is 30.5 Å². The van der Waals surface area contributed by atoms with Crippen molar-refractivity contribution in [2.75, 3.05) is 0 Å². The van der Waals surface area contributed by atoms with Gasteiger partial charge in [0.25, 0.3) is 0 Å². The van der Waals surface area contributed by atoms with E-state index in [2.05, 4.69) is 0 Å². The fraction of sp³-hybridized carbons (Fsp3) is 0. The minimum Gasteiger partial charge on any atom is -0.356 e. The fourth-order valence-electron chi connectivity index (χ4n) is 0. The summed E-state index contributed by atoms with van der Waals surface area (Å²) in [5.74, 6) is 0. The summed E-state index contributed by atoms with van der Waals surface area (Å²) in [4.78, 5) is 49.5. The standard InChI is InChI=1S/Ca.Mg.6NO3.Sr/c;;6*2-1(3)4;/q2*+2;6*-1;+2. The van der Waals surface area contributed by atoms with E-state index in [1.165, 1.54) is 0 Å².